The van der Waals surface area contributed by atoms with Crippen LogP contribution in [0.3, 0.4) is 0 Å². The molecule has 2 aromatic heterocycles. The van der Waals surface area contributed by atoms with E-state index in [1.165, 1.54) is 0 Å². The van der Waals surface area contributed by atoms with Crippen LogP contribution >= 0.6 is 23.2 Å². The lowest BCUT2D eigenvalue weighted by Crippen LogP contribution is -2.50. The second kappa shape index (κ2) is 10.6. The van der Waals surface area contributed by atoms with Gasteiger partial charge in [0.15, 0.2) is 23.6 Å². The molecule has 1 aliphatic heterocycles. The van der Waals surface area contributed by atoms with Crippen LogP contribution in [-0.4, -0.2) is 70.6 Å². The van der Waals surface area contributed by atoms with Crippen molar-refractivity contribution in [2.24, 2.45) is 0 Å². The molecule has 1 fully saturated rings. The zero-order valence-corrected chi connectivity index (χ0v) is 21.4. The van der Waals surface area contributed by atoms with Gasteiger partial charge in [0.2, 0.25) is 5.95 Å². The molecule has 0 spiro atoms. The van der Waals surface area contributed by atoms with Crippen LogP contribution in [0.25, 0.3) is 22.4 Å². The first-order valence-corrected chi connectivity index (χ1v) is 12.2. The van der Waals surface area contributed by atoms with Gasteiger partial charge in [0.25, 0.3) is 5.91 Å². The molecule has 1 aliphatic rings. The van der Waals surface area contributed by atoms with Crippen molar-refractivity contribution in [1.82, 2.24) is 24.8 Å². The molecule has 37 heavy (non-hydrogen) atoms. The number of nitrogen functional groups attached to an aromatic ring is 1. The molecule has 0 unspecified atom stereocenters. The number of piperazine rings is 1. The van der Waals surface area contributed by atoms with Crippen molar-refractivity contribution in [1.29, 1.82) is 0 Å². The van der Waals surface area contributed by atoms with E-state index in [0.29, 0.717) is 70.2 Å². The Balaban J connectivity index is 1.27. The summed E-state index contributed by atoms with van der Waals surface area (Å²) in [6.45, 7) is 2.06. The summed E-state index contributed by atoms with van der Waals surface area (Å²) >= 11 is 12.4. The lowest BCUT2D eigenvalue weighted by molar-refractivity contribution is -0.133. The van der Waals surface area contributed by atoms with E-state index in [2.05, 4.69) is 19.9 Å². The van der Waals surface area contributed by atoms with E-state index in [4.69, 9.17) is 38.4 Å². The molecule has 0 aliphatic carbocycles. The number of aromatic nitrogens is 4. The van der Waals surface area contributed by atoms with Gasteiger partial charge in [-0.25, -0.2) is 9.97 Å². The van der Waals surface area contributed by atoms with Gasteiger partial charge in [-0.2, -0.15) is 9.97 Å². The number of carbonyl (C=O) groups is 1. The number of nitrogens with two attached hydrogens (primary N) is 1. The number of halogens is 2. The number of carbonyl (C=O) groups excluding carboxylic acids is 1. The molecule has 5 rings (SSSR count). The van der Waals surface area contributed by atoms with Crippen molar-refractivity contribution in [3.63, 3.8) is 0 Å². The molecule has 1 amide bonds. The van der Waals surface area contributed by atoms with Crippen molar-refractivity contribution in [2.45, 2.75) is 0 Å². The van der Waals surface area contributed by atoms with Crippen LogP contribution in [0.5, 0.6) is 11.5 Å². The fourth-order valence-corrected chi connectivity index (χ4v) is 4.54. The van der Waals surface area contributed by atoms with Gasteiger partial charge in [-0.3, -0.25) is 4.79 Å². The molecule has 4 aromatic rings. The Hall–Kier alpha value is -3.89. The van der Waals surface area contributed by atoms with Gasteiger partial charge < -0.3 is 25.0 Å². The van der Waals surface area contributed by atoms with E-state index in [1.54, 1.807) is 60.7 Å². The van der Waals surface area contributed by atoms with Gasteiger partial charge in [-0.05, 0) is 42.5 Å². The van der Waals surface area contributed by atoms with Crippen LogP contribution in [0.1, 0.15) is 0 Å². The Morgan fingerprint density at radius 2 is 1.73 bits per heavy atom. The van der Waals surface area contributed by atoms with Gasteiger partial charge in [0, 0.05) is 36.8 Å². The van der Waals surface area contributed by atoms with Crippen LogP contribution in [0, 0.1) is 0 Å². The van der Waals surface area contributed by atoms with Gasteiger partial charge in [-0.15, -0.1) is 0 Å². The molecular weight excluding hydrogens is 517 g/mol. The molecule has 0 saturated carbocycles. The van der Waals surface area contributed by atoms with Crippen molar-refractivity contribution < 1.29 is 14.3 Å². The fourth-order valence-electron chi connectivity index (χ4n) is 4.03. The summed E-state index contributed by atoms with van der Waals surface area (Å²) in [5.41, 5.74) is 8.12. The number of hydrogen-bond donors (Lipinski definition) is 1. The summed E-state index contributed by atoms with van der Waals surface area (Å²) in [4.78, 5) is 34.4. The van der Waals surface area contributed by atoms with E-state index in [9.17, 15) is 4.79 Å². The Morgan fingerprint density at radius 3 is 2.43 bits per heavy atom. The van der Waals surface area contributed by atoms with Crippen molar-refractivity contribution in [3.05, 3.63) is 58.7 Å². The standard InChI is InChI=1S/C25H23Cl2N7O3/c1-36-16-3-5-17(6-4-16)37-14-21(35)33-8-10-34(11-9-33)24-22-23(31-25(28)32-24)30-20(13-29-22)18-7-2-15(26)12-19(18)27/h2-7,12-13H,8-11,14H2,1H3,(H2,28,30,31,32). The maximum absolute atomic E-state index is 12.7. The first-order chi connectivity index (χ1) is 17.9. The Morgan fingerprint density at radius 1 is 1.00 bits per heavy atom. The summed E-state index contributed by atoms with van der Waals surface area (Å²) in [6, 6.07) is 12.3. The first-order valence-electron chi connectivity index (χ1n) is 11.5. The highest BCUT2D eigenvalue weighted by atomic mass is 35.5. The smallest absolute Gasteiger partial charge is 0.260 e. The molecule has 0 bridgehead atoms. The van der Waals surface area contributed by atoms with Crippen LogP contribution in [-0.2, 0) is 4.79 Å². The Labute approximate surface area is 223 Å². The average molecular weight is 540 g/mol. The zero-order valence-electron chi connectivity index (χ0n) is 19.9. The molecule has 10 nitrogen and oxygen atoms in total. The third-order valence-corrected chi connectivity index (χ3v) is 6.52. The minimum atomic E-state index is -0.0909. The topological polar surface area (TPSA) is 120 Å². The minimum Gasteiger partial charge on any atom is -0.497 e. The quantitative estimate of drug-likeness (QED) is 0.390. The number of fused-ring (bicyclic) bond motifs is 1. The first kappa shape index (κ1) is 24.8. The van der Waals surface area contributed by atoms with Crippen molar-refractivity contribution in [2.75, 3.05) is 50.5 Å². The van der Waals surface area contributed by atoms with E-state index in [1.807, 2.05) is 4.90 Å². The SMILES string of the molecule is COc1ccc(OCC(=O)N2CCN(c3nc(N)nc4nc(-c5ccc(Cl)cc5Cl)cnc34)CC2)cc1. The van der Waals surface area contributed by atoms with Gasteiger partial charge in [0.1, 0.15) is 11.5 Å². The average Bonchev–Trinajstić information content (AvgIpc) is 2.91. The zero-order chi connectivity index (χ0) is 25.9. The lowest BCUT2D eigenvalue weighted by atomic mass is 10.1. The van der Waals surface area contributed by atoms with Crippen LogP contribution in [0.15, 0.2) is 48.7 Å². The molecule has 190 valence electrons. The molecule has 2 N–H and O–H groups in total. The largest absolute Gasteiger partial charge is 0.497 e. The monoisotopic (exact) mass is 539 g/mol. The summed E-state index contributed by atoms with van der Waals surface area (Å²) in [6.07, 6.45) is 1.62. The minimum absolute atomic E-state index is 0.0444. The van der Waals surface area contributed by atoms with Gasteiger partial charge in [0.05, 0.1) is 24.0 Å². The van der Waals surface area contributed by atoms with Crippen molar-refractivity contribution in [3.8, 4) is 22.8 Å². The third-order valence-electron chi connectivity index (χ3n) is 5.97. The molecule has 3 heterocycles. The molecular formula is C25H23Cl2N7O3. The van der Waals surface area contributed by atoms with E-state index in [-0.39, 0.29) is 18.5 Å². The van der Waals surface area contributed by atoms with Gasteiger partial charge in [-0.1, -0.05) is 23.2 Å². The van der Waals surface area contributed by atoms with E-state index in [0.717, 1.165) is 5.75 Å². The normalized spacial score (nSPS) is 13.6. The maximum atomic E-state index is 12.7. The van der Waals surface area contributed by atoms with Gasteiger partial charge >= 0.3 is 0 Å². The fraction of sp³-hybridized carbons (Fsp3) is 0.240. The summed E-state index contributed by atoms with van der Waals surface area (Å²) in [5.74, 6) is 1.90. The summed E-state index contributed by atoms with van der Waals surface area (Å²) in [5, 5.41) is 0.987. The van der Waals surface area contributed by atoms with Crippen LogP contribution < -0.4 is 20.1 Å². The predicted molar refractivity (Wildman–Crippen MR) is 142 cm³/mol. The number of rotatable bonds is 6. The number of hydrogen-bond acceptors (Lipinski definition) is 9. The lowest BCUT2D eigenvalue weighted by Gasteiger charge is -2.35. The molecule has 0 atom stereocenters. The Kier molecular flexibility index (Phi) is 7.11. The number of amides is 1. The molecule has 2 aromatic carbocycles. The summed E-state index contributed by atoms with van der Waals surface area (Å²) in [7, 11) is 1.60. The number of benzene rings is 2. The molecule has 12 heteroatoms. The predicted octanol–water partition coefficient (Wildman–Crippen LogP) is 3.71. The van der Waals surface area contributed by atoms with E-state index >= 15 is 0 Å². The number of ether oxygens (including phenoxy) is 2. The second-order valence-electron chi connectivity index (χ2n) is 8.29. The maximum Gasteiger partial charge on any atom is 0.260 e. The number of anilines is 2. The van der Waals surface area contributed by atoms with Crippen molar-refractivity contribution >= 4 is 52.0 Å². The number of methoxy groups -OCH3 is 1. The highest BCUT2D eigenvalue weighted by Gasteiger charge is 2.25. The van der Waals surface area contributed by atoms with E-state index < -0.39 is 0 Å². The molecule has 0 radical (unpaired) electrons. The summed E-state index contributed by atoms with van der Waals surface area (Å²) < 4.78 is 10.8. The second-order valence-corrected chi connectivity index (χ2v) is 9.13. The highest BCUT2D eigenvalue weighted by Crippen LogP contribution is 2.31. The van der Waals surface area contributed by atoms with Crippen LogP contribution in [0.4, 0.5) is 11.8 Å². The molecule has 1 saturated heterocycles. The highest BCUT2D eigenvalue weighted by molar-refractivity contribution is 6.36. The Bertz CT molecular complexity index is 1440. The third kappa shape index (κ3) is 5.45. The number of nitrogens with zero attached hydrogens (tertiary/aromatic N) is 6. The van der Waals surface area contributed by atoms with Crippen LogP contribution in [0.2, 0.25) is 10.0 Å².